The van der Waals surface area contributed by atoms with Crippen molar-refractivity contribution in [1.29, 1.82) is 0 Å². The van der Waals surface area contributed by atoms with E-state index in [-0.39, 0.29) is 0 Å². The summed E-state index contributed by atoms with van der Waals surface area (Å²) in [6, 6.07) is 7.99. The molecule has 0 aromatic heterocycles. The van der Waals surface area contributed by atoms with Crippen molar-refractivity contribution in [3.05, 3.63) is 24.3 Å². The summed E-state index contributed by atoms with van der Waals surface area (Å²) in [6.07, 6.45) is 0. The summed E-state index contributed by atoms with van der Waals surface area (Å²) in [5, 5.41) is 3.23. The van der Waals surface area contributed by atoms with Gasteiger partial charge in [-0.3, -0.25) is 0 Å². The van der Waals surface area contributed by atoms with E-state index in [1.165, 1.54) is 0 Å². The van der Waals surface area contributed by atoms with Gasteiger partial charge in [0.1, 0.15) is 0 Å². The van der Waals surface area contributed by atoms with Crippen LogP contribution in [0.2, 0.25) is 0 Å². The third-order valence-electron chi connectivity index (χ3n) is 1.16. The van der Waals surface area contributed by atoms with Gasteiger partial charge in [0, 0.05) is 4.90 Å². The topological polar surface area (TPSA) is 12.0 Å². The quantitative estimate of drug-likeness (QED) is 0.550. The lowest BCUT2D eigenvalue weighted by Gasteiger charge is -2.03. The predicted octanol–water partition coefficient (Wildman–Crippen LogP) is 3.64. The predicted molar refractivity (Wildman–Crippen MR) is 62.9 cm³/mol. The van der Waals surface area contributed by atoms with Gasteiger partial charge in [0.15, 0.2) is 0 Å². The SMILES string of the molecule is CC.CPNc1ccccc1S. The van der Waals surface area contributed by atoms with Crippen molar-refractivity contribution in [3.8, 4) is 0 Å². The van der Waals surface area contributed by atoms with E-state index in [9.17, 15) is 0 Å². The molecule has 0 radical (unpaired) electrons. The second kappa shape index (κ2) is 7.45. The van der Waals surface area contributed by atoms with Crippen LogP contribution in [0.1, 0.15) is 13.8 Å². The fourth-order valence-corrected chi connectivity index (χ4v) is 1.52. The minimum Gasteiger partial charge on any atom is -0.366 e. The van der Waals surface area contributed by atoms with Gasteiger partial charge in [-0.2, -0.15) is 0 Å². The number of hydrogen-bond donors (Lipinski definition) is 2. The maximum absolute atomic E-state index is 4.27. The lowest BCUT2D eigenvalue weighted by atomic mass is 10.3. The molecule has 0 spiro atoms. The first-order valence-corrected chi connectivity index (χ1v) is 6.00. The van der Waals surface area contributed by atoms with Gasteiger partial charge in [-0.1, -0.05) is 26.0 Å². The van der Waals surface area contributed by atoms with E-state index in [2.05, 4.69) is 24.4 Å². The molecule has 0 saturated carbocycles. The number of anilines is 1. The molecule has 0 aliphatic heterocycles. The molecule has 1 rings (SSSR count). The van der Waals surface area contributed by atoms with Gasteiger partial charge in [0.25, 0.3) is 0 Å². The van der Waals surface area contributed by atoms with Crippen molar-refractivity contribution in [2.45, 2.75) is 18.7 Å². The van der Waals surface area contributed by atoms with Crippen molar-refractivity contribution in [2.24, 2.45) is 0 Å². The van der Waals surface area contributed by atoms with Crippen LogP contribution in [0.3, 0.4) is 0 Å². The third-order valence-corrected chi connectivity index (χ3v) is 2.07. The Kier molecular flexibility index (Phi) is 7.33. The molecule has 0 bridgehead atoms. The van der Waals surface area contributed by atoms with Crippen LogP contribution in [0.25, 0.3) is 0 Å². The van der Waals surface area contributed by atoms with Gasteiger partial charge in [-0.25, -0.2) is 0 Å². The molecule has 0 aliphatic rings. The van der Waals surface area contributed by atoms with Gasteiger partial charge in [0.2, 0.25) is 0 Å². The monoisotopic (exact) mass is 201 g/mol. The van der Waals surface area contributed by atoms with Crippen LogP contribution in [0.4, 0.5) is 5.69 Å². The van der Waals surface area contributed by atoms with E-state index in [1.54, 1.807) is 0 Å². The summed E-state index contributed by atoms with van der Waals surface area (Å²) in [6.45, 7) is 6.10. The van der Waals surface area contributed by atoms with Crippen LogP contribution in [0.15, 0.2) is 29.2 Å². The molecule has 0 saturated heterocycles. The first-order valence-electron chi connectivity index (χ1n) is 4.05. The van der Waals surface area contributed by atoms with Gasteiger partial charge in [-0.15, -0.1) is 12.6 Å². The summed E-state index contributed by atoms with van der Waals surface area (Å²) in [5.41, 5.74) is 1.12. The standard InChI is InChI=1S/C7H10NPS.C2H6/c1-9-8-6-4-2-3-5-7(6)10;1-2/h2-5,8-10H,1H3;1-2H3. The summed E-state index contributed by atoms with van der Waals surface area (Å²) in [4.78, 5) is 1.01. The van der Waals surface area contributed by atoms with Crippen molar-refractivity contribution >= 4 is 27.0 Å². The van der Waals surface area contributed by atoms with E-state index in [0.717, 1.165) is 19.3 Å². The van der Waals surface area contributed by atoms with Crippen molar-refractivity contribution < 1.29 is 0 Å². The Morgan fingerprint density at radius 3 is 2.33 bits per heavy atom. The Hall–Kier alpha value is -0.200. The third kappa shape index (κ3) is 3.99. The molecule has 1 aromatic carbocycles. The minimum atomic E-state index is 0.733. The largest absolute Gasteiger partial charge is 0.366 e. The molecular weight excluding hydrogens is 185 g/mol. The highest BCUT2D eigenvalue weighted by Gasteiger charge is 1.91. The lowest BCUT2D eigenvalue weighted by molar-refractivity contribution is 1.47. The second-order valence-corrected chi connectivity index (χ2v) is 3.12. The molecule has 0 heterocycles. The van der Waals surface area contributed by atoms with E-state index in [0.29, 0.717) is 0 Å². The fourth-order valence-electron chi connectivity index (χ4n) is 0.714. The molecule has 68 valence electrons. The number of hydrogen-bond acceptors (Lipinski definition) is 2. The Morgan fingerprint density at radius 2 is 1.83 bits per heavy atom. The average Bonchev–Trinajstić information content (AvgIpc) is 2.13. The lowest BCUT2D eigenvalue weighted by Crippen LogP contribution is -1.82. The summed E-state index contributed by atoms with van der Waals surface area (Å²) in [7, 11) is 0.733. The van der Waals surface area contributed by atoms with Crippen molar-refractivity contribution in [3.63, 3.8) is 0 Å². The van der Waals surface area contributed by atoms with E-state index in [4.69, 9.17) is 0 Å². The van der Waals surface area contributed by atoms with Crippen LogP contribution < -0.4 is 5.09 Å². The molecule has 1 N–H and O–H groups in total. The maximum atomic E-state index is 4.27. The molecule has 1 aromatic rings. The van der Waals surface area contributed by atoms with E-state index < -0.39 is 0 Å². The molecule has 0 amide bonds. The Balaban J connectivity index is 0.000000561. The molecule has 0 aliphatic carbocycles. The molecule has 3 heteroatoms. The first kappa shape index (κ1) is 11.8. The van der Waals surface area contributed by atoms with Gasteiger partial charge >= 0.3 is 0 Å². The van der Waals surface area contributed by atoms with E-state index in [1.807, 2.05) is 38.1 Å². The molecule has 1 atom stereocenters. The molecule has 0 fully saturated rings. The highest BCUT2D eigenvalue weighted by Crippen LogP contribution is 2.22. The van der Waals surface area contributed by atoms with Crippen molar-refractivity contribution in [1.82, 2.24) is 0 Å². The molecular formula is C9H16NPS. The molecule has 1 nitrogen and oxygen atoms in total. The van der Waals surface area contributed by atoms with E-state index >= 15 is 0 Å². The number of nitrogens with one attached hydrogen (secondary N) is 1. The Bertz CT molecular complexity index is 215. The van der Waals surface area contributed by atoms with Crippen molar-refractivity contribution in [2.75, 3.05) is 11.8 Å². The van der Waals surface area contributed by atoms with Gasteiger partial charge in [-0.05, 0) is 27.5 Å². The smallest absolute Gasteiger partial charge is 0.0506 e. The van der Waals surface area contributed by atoms with Gasteiger partial charge < -0.3 is 5.09 Å². The second-order valence-electron chi connectivity index (χ2n) is 1.89. The Morgan fingerprint density at radius 1 is 1.25 bits per heavy atom. The number of rotatable bonds is 2. The zero-order chi connectivity index (χ0) is 9.40. The fraction of sp³-hybridized carbons (Fsp3) is 0.333. The zero-order valence-electron chi connectivity index (χ0n) is 7.76. The average molecular weight is 201 g/mol. The summed E-state index contributed by atoms with van der Waals surface area (Å²) >= 11 is 4.27. The molecule has 12 heavy (non-hydrogen) atoms. The number of thiol groups is 1. The highest BCUT2D eigenvalue weighted by atomic mass is 32.1. The van der Waals surface area contributed by atoms with Crippen LogP contribution >= 0.6 is 21.4 Å². The molecule has 1 unspecified atom stereocenters. The first-order chi connectivity index (χ1) is 5.84. The van der Waals surface area contributed by atoms with Crippen LogP contribution in [0, 0.1) is 0 Å². The summed E-state index contributed by atoms with van der Waals surface area (Å²) < 4.78 is 0. The Labute approximate surface area is 82.2 Å². The van der Waals surface area contributed by atoms with Crippen LogP contribution in [-0.4, -0.2) is 6.66 Å². The van der Waals surface area contributed by atoms with Crippen LogP contribution in [-0.2, 0) is 0 Å². The minimum absolute atomic E-state index is 0.733. The maximum Gasteiger partial charge on any atom is 0.0506 e. The summed E-state index contributed by atoms with van der Waals surface area (Å²) in [5.74, 6) is 0. The normalized spacial score (nSPS) is 9.33. The van der Waals surface area contributed by atoms with Gasteiger partial charge in [0.05, 0.1) is 5.69 Å². The number of benzene rings is 1. The van der Waals surface area contributed by atoms with Crippen LogP contribution in [0.5, 0.6) is 0 Å². The highest BCUT2D eigenvalue weighted by molar-refractivity contribution is 7.80. The zero-order valence-corrected chi connectivity index (χ0v) is 9.65. The number of para-hydroxylation sites is 1.